The van der Waals surface area contributed by atoms with E-state index < -0.39 is 6.03 Å². The topological polar surface area (TPSA) is 97.1 Å². The highest BCUT2D eigenvalue weighted by Gasteiger charge is 2.16. The first-order valence-corrected chi connectivity index (χ1v) is 8.22. The van der Waals surface area contributed by atoms with Gasteiger partial charge in [-0.3, -0.25) is 4.79 Å². The van der Waals surface area contributed by atoms with Crippen molar-refractivity contribution in [3.05, 3.63) is 51.5 Å². The van der Waals surface area contributed by atoms with Crippen LogP contribution in [0.4, 0.5) is 4.79 Å². The summed E-state index contributed by atoms with van der Waals surface area (Å²) in [7, 11) is 0. The molecule has 122 valence electrons. The van der Waals surface area contributed by atoms with E-state index in [-0.39, 0.29) is 11.9 Å². The number of carbonyl (C=O) groups excluding carboxylic acids is 2. The highest BCUT2D eigenvalue weighted by Crippen LogP contribution is 2.21. The van der Waals surface area contributed by atoms with Crippen LogP contribution in [-0.4, -0.2) is 16.9 Å². The second kappa shape index (κ2) is 7.73. The van der Waals surface area contributed by atoms with Crippen molar-refractivity contribution in [1.82, 2.24) is 15.6 Å². The van der Waals surface area contributed by atoms with Crippen LogP contribution in [0.25, 0.3) is 0 Å². The van der Waals surface area contributed by atoms with Gasteiger partial charge in [-0.15, -0.1) is 11.3 Å². The smallest absolute Gasteiger partial charge is 0.312 e. The molecule has 0 radical (unpaired) electrons. The first-order chi connectivity index (χ1) is 11.0. The third kappa shape index (κ3) is 4.79. The Hall–Kier alpha value is -2.41. The average molecular weight is 332 g/mol. The lowest BCUT2D eigenvalue weighted by molar-refractivity contribution is 0.0935. The van der Waals surface area contributed by atoms with Crippen LogP contribution < -0.4 is 16.4 Å². The fourth-order valence-electron chi connectivity index (χ4n) is 2.08. The van der Waals surface area contributed by atoms with Crippen molar-refractivity contribution in [2.24, 2.45) is 5.73 Å². The summed E-state index contributed by atoms with van der Waals surface area (Å²) >= 11 is 1.55. The van der Waals surface area contributed by atoms with E-state index in [4.69, 9.17) is 5.73 Å². The Morgan fingerprint density at radius 2 is 2.00 bits per heavy atom. The number of nitrogens with zero attached hydrogens (tertiary/aromatic N) is 1. The molecular weight excluding hydrogens is 312 g/mol. The van der Waals surface area contributed by atoms with Crippen molar-refractivity contribution in [2.45, 2.75) is 32.9 Å². The minimum Gasteiger partial charge on any atom is -0.352 e. The number of aryl methyl sites for hydroxylation is 1. The first-order valence-electron chi connectivity index (χ1n) is 7.34. The molecule has 2 aromatic rings. The number of nitrogens with one attached hydrogen (secondary N) is 2. The normalized spacial score (nSPS) is 11.7. The lowest BCUT2D eigenvalue weighted by atomic mass is 10.1. The average Bonchev–Trinajstić information content (AvgIpc) is 2.97. The molecule has 0 fully saturated rings. The predicted octanol–water partition coefficient (Wildman–Crippen LogP) is 2.50. The third-order valence-corrected chi connectivity index (χ3v) is 4.41. The molecule has 0 saturated heterocycles. The second-order valence-electron chi connectivity index (χ2n) is 5.18. The van der Waals surface area contributed by atoms with Crippen molar-refractivity contribution < 1.29 is 9.59 Å². The molecular formula is C16H20N4O2S. The van der Waals surface area contributed by atoms with Gasteiger partial charge in [0, 0.05) is 23.2 Å². The summed E-state index contributed by atoms with van der Waals surface area (Å²) in [5.74, 6) is -0.140. The summed E-state index contributed by atoms with van der Waals surface area (Å²) in [6.07, 6.45) is 0.777. The molecule has 1 aromatic heterocycles. The van der Waals surface area contributed by atoms with Crippen molar-refractivity contribution in [2.75, 3.05) is 0 Å². The molecule has 0 aliphatic heterocycles. The third-order valence-electron chi connectivity index (χ3n) is 3.33. The molecule has 0 aliphatic rings. The van der Waals surface area contributed by atoms with Crippen molar-refractivity contribution in [3.63, 3.8) is 0 Å². The van der Waals surface area contributed by atoms with Gasteiger partial charge in [0.25, 0.3) is 5.91 Å². The van der Waals surface area contributed by atoms with E-state index in [0.29, 0.717) is 12.1 Å². The van der Waals surface area contributed by atoms with Crippen LogP contribution in [0.5, 0.6) is 0 Å². The van der Waals surface area contributed by atoms with Gasteiger partial charge in [-0.1, -0.05) is 19.1 Å². The minimum absolute atomic E-state index is 0.0857. The van der Waals surface area contributed by atoms with E-state index in [1.807, 2.05) is 19.2 Å². The fraction of sp³-hybridized carbons (Fsp3) is 0.312. The molecule has 1 aromatic carbocycles. The van der Waals surface area contributed by atoms with Crippen LogP contribution in [0.3, 0.4) is 0 Å². The standard InChI is InChI=1S/C16H20N4O2S/c1-3-13(15-19-10(2)9-23-15)20-14(21)12-6-4-11(5-7-12)8-18-16(17)22/h4-7,9,13H,3,8H2,1-2H3,(H,20,21)(H3,17,18,22). The fourth-order valence-corrected chi connectivity index (χ4v) is 3.01. The summed E-state index contributed by atoms with van der Waals surface area (Å²) in [5, 5.41) is 8.40. The summed E-state index contributed by atoms with van der Waals surface area (Å²) in [6, 6.07) is 6.38. The number of hydrogen-bond donors (Lipinski definition) is 3. The molecule has 1 unspecified atom stereocenters. The summed E-state index contributed by atoms with van der Waals surface area (Å²) < 4.78 is 0. The van der Waals surface area contributed by atoms with Crippen LogP contribution in [0.15, 0.2) is 29.6 Å². The van der Waals surface area contributed by atoms with Crippen LogP contribution >= 0.6 is 11.3 Å². The van der Waals surface area contributed by atoms with Gasteiger partial charge in [-0.2, -0.15) is 0 Å². The van der Waals surface area contributed by atoms with Crippen molar-refractivity contribution in [1.29, 1.82) is 0 Å². The molecule has 6 nitrogen and oxygen atoms in total. The number of rotatable bonds is 6. The number of hydrogen-bond acceptors (Lipinski definition) is 4. The molecule has 4 N–H and O–H groups in total. The summed E-state index contributed by atoms with van der Waals surface area (Å²) in [4.78, 5) is 27.5. The van der Waals surface area contributed by atoms with Gasteiger partial charge < -0.3 is 16.4 Å². The Balaban J connectivity index is 2.00. The molecule has 0 bridgehead atoms. The van der Waals surface area contributed by atoms with Crippen LogP contribution in [0.2, 0.25) is 0 Å². The van der Waals surface area contributed by atoms with Crippen LogP contribution in [-0.2, 0) is 6.54 Å². The van der Waals surface area contributed by atoms with Crippen LogP contribution in [0, 0.1) is 6.92 Å². The molecule has 0 spiro atoms. The number of benzene rings is 1. The SMILES string of the molecule is CCC(NC(=O)c1ccc(CNC(N)=O)cc1)c1nc(C)cs1. The largest absolute Gasteiger partial charge is 0.352 e. The van der Waals surface area contributed by atoms with Gasteiger partial charge in [0.2, 0.25) is 0 Å². The van der Waals surface area contributed by atoms with Gasteiger partial charge in [0.05, 0.1) is 6.04 Å². The van der Waals surface area contributed by atoms with Gasteiger partial charge in [0.15, 0.2) is 0 Å². The summed E-state index contributed by atoms with van der Waals surface area (Å²) in [5.41, 5.74) is 7.44. The molecule has 3 amide bonds. The zero-order valence-electron chi connectivity index (χ0n) is 13.1. The summed E-state index contributed by atoms with van der Waals surface area (Å²) in [6.45, 7) is 4.29. The second-order valence-corrected chi connectivity index (χ2v) is 6.07. The van der Waals surface area contributed by atoms with E-state index >= 15 is 0 Å². The molecule has 23 heavy (non-hydrogen) atoms. The molecule has 0 aliphatic carbocycles. The molecule has 1 atom stereocenters. The maximum Gasteiger partial charge on any atom is 0.312 e. The minimum atomic E-state index is -0.573. The highest BCUT2D eigenvalue weighted by atomic mass is 32.1. The monoisotopic (exact) mass is 332 g/mol. The predicted molar refractivity (Wildman–Crippen MR) is 90.2 cm³/mol. The van der Waals surface area contributed by atoms with Gasteiger partial charge in [-0.25, -0.2) is 9.78 Å². The Labute approximate surface area is 139 Å². The van der Waals surface area contributed by atoms with E-state index in [0.717, 1.165) is 22.7 Å². The Bertz CT molecular complexity index is 682. The van der Waals surface area contributed by atoms with E-state index in [1.54, 1.807) is 35.6 Å². The number of thiazole rings is 1. The Morgan fingerprint density at radius 1 is 1.30 bits per heavy atom. The van der Waals surface area contributed by atoms with Crippen molar-refractivity contribution in [3.8, 4) is 0 Å². The van der Waals surface area contributed by atoms with Gasteiger partial charge in [-0.05, 0) is 31.0 Å². The number of aromatic nitrogens is 1. The molecule has 7 heteroatoms. The number of primary amides is 1. The van der Waals surface area contributed by atoms with Gasteiger partial charge >= 0.3 is 6.03 Å². The number of nitrogens with two attached hydrogens (primary N) is 1. The molecule has 2 rings (SSSR count). The quantitative estimate of drug-likeness (QED) is 0.758. The van der Waals surface area contributed by atoms with Gasteiger partial charge in [0.1, 0.15) is 5.01 Å². The molecule has 0 saturated carbocycles. The number of amides is 3. The van der Waals surface area contributed by atoms with E-state index in [9.17, 15) is 9.59 Å². The molecule has 1 heterocycles. The van der Waals surface area contributed by atoms with E-state index in [1.165, 1.54) is 0 Å². The van der Waals surface area contributed by atoms with Crippen LogP contribution in [0.1, 0.15) is 46.0 Å². The zero-order chi connectivity index (χ0) is 16.8. The van der Waals surface area contributed by atoms with E-state index in [2.05, 4.69) is 15.6 Å². The maximum absolute atomic E-state index is 12.3. The van der Waals surface area contributed by atoms with Crippen molar-refractivity contribution >= 4 is 23.3 Å². The Kier molecular flexibility index (Phi) is 5.70. The lowest BCUT2D eigenvalue weighted by Crippen LogP contribution is -2.29. The number of urea groups is 1. The maximum atomic E-state index is 12.3. The Morgan fingerprint density at radius 3 is 2.52 bits per heavy atom. The zero-order valence-corrected chi connectivity index (χ0v) is 13.9. The first kappa shape index (κ1) is 17.0. The number of carbonyl (C=O) groups is 2. The lowest BCUT2D eigenvalue weighted by Gasteiger charge is -2.14. The highest BCUT2D eigenvalue weighted by molar-refractivity contribution is 7.09.